The fourth-order valence-corrected chi connectivity index (χ4v) is 3.21. The van der Waals surface area contributed by atoms with Crippen LogP contribution in [-0.2, 0) is 10.0 Å². The van der Waals surface area contributed by atoms with Gasteiger partial charge in [0.25, 0.3) is 0 Å². The van der Waals surface area contributed by atoms with Gasteiger partial charge in [0.2, 0.25) is 10.0 Å². The molecule has 0 bridgehead atoms. The minimum absolute atomic E-state index is 0.0251. The second-order valence-corrected chi connectivity index (χ2v) is 6.94. The molecule has 5 heteroatoms. The smallest absolute Gasteiger partial charge is 0.212 e. The van der Waals surface area contributed by atoms with Crippen LogP contribution in [0, 0.1) is 16.7 Å². The first-order chi connectivity index (χ1) is 6.54. The van der Waals surface area contributed by atoms with E-state index >= 15 is 0 Å². The first-order valence-electron chi connectivity index (χ1n) is 4.96. The second-order valence-electron chi connectivity index (χ2n) is 5.22. The molecule has 0 saturated carbocycles. The summed E-state index contributed by atoms with van der Waals surface area (Å²) in [4.78, 5) is 0. The minimum Gasteiger partial charge on any atom is -0.212 e. The summed E-state index contributed by atoms with van der Waals surface area (Å²) in [5.41, 5.74) is -1.31. The van der Waals surface area contributed by atoms with Gasteiger partial charge in [-0.2, -0.15) is 9.98 Å². The first kappa shape index (κ1) is 14.4. The van der Waals surface area contributed by atoms with E-state index in [1.807, 2.05) is 26.8 Å². The van der Waals surface area contributed by atoms with Crippen LogP contribution in [0.2, 0.25) is 0 Å². The first-order valence-corrected chi connectivity index (χ1v) is 6.62. The molecular weight excluding hydrogens is 212 g/mol. The van der Waals surface area contributed by atoms with Gasteiger partial charge in [-0.3, -0.25) is 0 Å². The number of hydrogen-bond donors (Lipinski definition) is 1. The predicted octanol–water partition coefficient (Wildman–Crippen LogP) is 1.64. The highest BCUT2D eigenvalue weighted by atomic mass is 32.2. The van der Waals surface area contributed by atoms with E-state index in [1.54, 1.807) is 13.8 Å². The molecule has 0 aliphatic rings. The van der Waals surface area contributed by atoms with E-state index in [0.717, 1.165) is 0 Å². The molecule has 0 heterocycles. The van der Waals surface area contributed by atoms with Gasteiger partial charge in [-0.05, 0) is 18.8 Å². The van der Waals surface area contributed by atoms with E-state index in [1.165, 1.54) is 0 Å². The summed E-state index contributed by atoms with van der Waals surface area (Å²) in [6, 6.07) is 1.98. The number of nitriles is 1. The third kappa shape index (κ3) is 5.75. The van der Waals surface area contributed by atoms with Crippen molar-refractivity contribution in [3.8, 4) is 6.07 Å². The SMILES string of the molecule is CCC(C)(C#N)NS(=O)(=O)CC(C)(C)C. The van der Waals surface area contributed by atoms with Crippen LogP contribution in [0.3, 0.4) is 0 Å². The van der Waals surface area contributed by atoms with Crippen LogP contribution in [0.25, 0.3) is 0 Å². The summed E-state index contributed by atoms with van der Waals surface area (Å²) >= 11 is 0. The van der Waals surface area contributed by atoms with Gasteiger partial charge in [-0.15, -0.1) is 0 Å². The van der Waals surface area contributed by atoms with Crippen LogP contribution in [0.5, 0.6) is 0 Å². The third-order valence-corrected chi connectivity index (χ3v) is 3.97. The highest BCUT2D eigenvalue weighted by Gasteiger charge is 2.30. The number of nitrogens with one attached hydrogen (secondary N) is 1. The highest BCUT2D eigenvalue weighted by Crippen LogP contribution is 2.18. The second kappa shape index (κ2) is 4.50. The van der Waals surface area contributed by atoms with E-state index in [-0.39, 0.29) is 11.2 Å². The molecule has 0 aliphatic heterocycles. The molecule has 15 heavy (non-hydrogen) atoms. The fraction of sp³-hybridized carbons (Fsp3) is 0.900. The molecule has 88 valence electrons. The maximum absolute atomic E-state index is 11.7. The van der Waals surface area contributed by atoms with Crippen molar-refractivity contribution in [2.24, 2.45) is 5.41 Å². The monoisotopic (exact) mass is 232 g/mol. The highest BCUT2D eigenvalue weighted by molar-refractivity contribution is 7.89. The number of hydrogen-bond acceptors (Lipinski definition) is 3. The van der Waals surface area contributed by atoms with Gasteiger partial charge in [0.05, 0.1) is 11.8 Å². The summed E-state index contributed by atoms with van der Waals surface area (Å²) < 4.78 is 25.9. The molecule has 0 fully saturated rings. The fourth-order valence-electron chi connectivity index (χ4n) is 1.12. The molecule has 0 rings (SSSR count). The Hall–Kier alpha value is -0.600. The molecular formula is C10H20N2O2S. The Bertz CT molecular complexity index is 349. The predicted molar refractivity (Wildman–Crippen MR) is 60.7 cm³/mol. The maximum Gasteiger partial charge on any atom is 0.213 e. The van der Waals surface area contributed by atoms with Gasteiger partial charge in [0, 0.05) is 0 Å². The summed E-state index contributed by atoms with van der Waals surface area (Å²) in [6.45, 7) is 8.92. The van der Waals surface area contributed by atoms with Crippen molar-refractivity contribution in [1.29, 1.82) is 5.26 Å². The van der Waals surface area contributed by atoms with Crippen LogP contribution in [0.15, 0.2) is 0 Å². The van der Waals surface area contributed by atoms with Gasteiger partial charge in [-0.1, -0.05) is 27.7 Å². The molecule has 0 amide bonds. The van der Waals surface area contributed by atoms with Crippen molar-refractivity contribution >= 4 is 10.0 Å². The Morgan fingerprint density at radius 2 is 1.73 bits per heavy atom. The van der Waals surface area contributed by atoms with Crippen LogP contribution < -0.4 is 4.72 Å². The van der Waals surface area contributed by atoms with Crippen LogP contribution >= 0.6 is 0 Å². The van der Waals surface area contributed by atoms with E-state index < -0.39 is 15.6 Å². The molecule has 0 saturated heterocycles. The van der Waals surface area contributed by atoms with Crippen molar-refractivity contribution in [1.82, 2.24) is 4.72 Å². The van der Waals surface area contributed by atoms with Crippen molar-refractivity contribution in [3.05, 3.63) is 0 Å². The minimum atomic E-state index is -3.39. The Labute approximate surface area is 92.7 Å². The van der Waals surface area contributed by atoms with Crippen molar-refractivity contribution in [2.45, 2.75) is 46.6 Å². The molecule has 0 spiro atoms. The Kier molecular flexibility index (Phi) is 4.32. The zero-order valence-corrected chi connectivity index (χ0v) is 10.9. The average molecular weight is 232 g/mol. The molecule has 0 aliphatic carbocycles. The number of sulfonamides is 1. The van der Waals surface area contributed by atoms with Gasteiger partial charge in [0.1, 0.15) is 5.54 Å². The van der Waals surface area contributed by atoms with Crippen LogP contribution in [-0.4, -0.2) is 19.7 Å². The topological polar surface area (TPSA) is 70.0 Å². The lowest BCUT2D eigenvalue weighted by Crippen LogP contribution is -2.46. The van der Waals surface area contributed by atoms with E-state index in [2.05, 4.69) is 4.72 Å². The van der Waals surface area contributed by atoms with Crippen LogP contribution in [0.1, 0.15) is 41.0 Å². The normalized spacial score (nSPS) is 16.8. The van der Waals surface area contributed by atoms with E-state index in [4.69, 9.17) is 5.26 Å². The van der Waals surface area contributed by atoms with Crippen LogP contribution in [0.4, 0.5) is 0 Å². The maximum atomic E-state index is 11.7. The lowest BCUT2D eigenvalue weighted by Gasteiger charge is -2.24. The summed E-state index contributed by atoms with van der Waals surface area (Å²) in [7, 11) is -3.39. The third-order valence-electron chi connectivity index (χ3n) is 1.96. The van der Waals surface area contributed by atoms with E-state index in [9.17, 15) is 8.42 Å². The molecule has 0 aromatic rings. The summed E-state index contributed by atoms with van der Waals surface area (Å²) in [6.07, 6.45) is 0.451. The number of nitrogens with zero attached hydrogens (tertiary/aromatic N) is 1. The summed E-state index contributed by atoms with van der Waals surface area (Å²) in [5.74, 6) is 0.0251. The van der Waals surface area contributed by atoms with Crippen molar-refractivity contribution < 1.29 is 8.42 Å². The average Bonchev–Trinajstić information content (AvgIpc) is 1.98. The zero-order chi connectivity index (χ0) is 12.3. The molecule has 0 radical (unpaired) electrons. The largest absolute Gasteiger partial charge is 0.213 e. The lowest BCUT2D eigenvalue weighted by atomic mass is 10.0. The van der Waals surface area contributed by atoms with Gasteiger partial charge in [-0.25, -0.2) is 8.42 Å². The van der Waals surface area contributed by atoms with Crippen molar-refractivity contribution in [2.75, 3.05) is 5.75 Å². The Morgan fingerprint density at radius 3 is 2.00 bits per heavy atom. The quantitative estimate of drug-likeness (QED) is 0.801. The Balaban J connectivity index is 4.75. The Morgan fingerprint density at radius 1 is 1.27 bits per heavy atom. The van der Waals surface area contributed by atoms with Gasteiger partial charge in [0.15, 0.2) is 0 Å². The molecule has 1 atom stereocenters. The number of rotatable bonds is 4. The van der Waals surface area contributed by atoms with E-state index in [0.29, 0.717) is 6.42 Å². The molecule has 1 unspecified atom stereocenters. The lowest BCUT2D eigenvalue weighted by molar-refractivity contribution is 0.443. The molecule has 0 aromatic heterocycles. The zero-order valence-electron chi connectivity index (χ0n) is 10.1. The molecule has 1 N–H and O–H groups in total. The summed E-state index contributed by atoms with van der Waals surface area (Å²) in [5, 5.41) is 8.87. The van der Waals surface area contributed by atoms with Gasteiger partial charge >= 0.3 is 0 Å². The standard InChI is InChI=1S/C10H20N2O2S/c1-6-10(5,7-11)12-15(13,14)8-9(2,3)4/h12H,6,8H2,1-5H3. The molecule has 4 nitrogen and oxygen atoms in total. The van der Waals surface area contributed by atoms with Gasteiger partial charge < -0.3 is 0 Å². The molecule has 0 aromatic carbocycles. The van der Waals surface area contributed by atoms with Crippen molar-refractivity contribution in [3.63, 3.8) is 0 Å².